The van der Waals surface area contributed by atoms with Crippen molar-refractivity contribution in [3.63, 3.8) is 0 Å². The van der Waals surface area contributed by atoms with E-state index in [-0.39, 0.29) is 6.71 Å². The van der Waals surface area contributed by atoms with Crippen molar-refractivity contribution in [2.24, 2.45) is 0 Å². The van der Waals surface area contributed by atoms with Gasteiger partial charge in [0.25, 0.3) is 6.71 Å². The SMILES string of the molecule is CC(C)c1ccc(N(c2ccc(C(C)C)cc2)c2ccc3c(c2)N(c2ccccc2)c2cccc4c2B3c2ccc(-n3c5ccc(C(C)C)cc5c5cc(C(C)C)ccc53)cc2N4c2ccc3ccccc3c2)cc1. The quantitative estimate of drug-likeness (QED) is 0.127. The Kier molecular flexibility index (Phi) is 11.3. The summed E-state index contributed by atoms with van der Waals surface area (Å²) in [5, 5.41) is 5.05. The largest absolute Gasteiger partial charge is 0.311 e. The fourth-order valence-corrected chi connectivity index (χ4v) is 12.2. The minimum atomic E-state index is -0.0505. The number of aromatic nitrogens is 1. The second-order valence-electron chi connectivity index (χ2n) is 22.2. The molecule has 13 rings (SSSR count). The minimum absolute atomic E-state index is 0.0505. The standard InChI is InChI=1S/C70H63BN4/c1-44(2)48-21-28-55(29-22-48)72(56-30-23-49(24-31-56)45(3)4)58-33-35-62-68(42-58)73(54-17-10-9-11-18-54)66-19-14-20-67-70(66)71(62)63-36-34-59(43-69(63)75(67)57-32-25-50-15-12-13-16-53(50)39-57)74-64-37-26-51(46(5)6)40-60(64)61-41-52(47(7)8)27-38-65(61)74/h9-47H,1-8H3. The summed E-state index contributed by atoms with van der Waals surface area (Å²) in [6, 6.07) is 80.8. The molecule has 0 radical (unpaired) electrons. The molecule has 2 aliphatic rings. The Hall–Kier alpha value is -8.28. The summed E-state index contributed by atoms with van der Waals surface area (Å²) in [5.74, 6) is 1.73. The number of benzene rings is 10. The maximum atomic E-state index is 2.55. The van der Waals surface area contributed by atoms with Crippen LogP contribution in [0.3, 0.4) is 0 Å². The van der Waals surface area contributed by atoms with Gasteiger partial charge < -0.3 is 19.3 Å². The number of rotatable bonds is 10. The molecular formula is C70H63BN4. The van der Waals surface area contributed by atoms with Crippen molar-refractivity contribution < 1.29 is 0 Å². The Balaban J connectivity index is 1.06. The molecule has 0 saturated heterocycles. The van der Waals surface area contributed by atoms with Crippen molar-refractivity contribution in [1.82, 2.24) is 4.57 Å². The molecule has 2 aliphatic heterocycles. The van der Waals surface area contributed by atoms with Crippen LogP contribution in [0, 0.1) is 0 Å². The van der Waals surface area contributed by atoms with E-state index < -0.39 is 0 Å². The number of hydrogen-bond donors (Lipinski definition) is 0. The van der Waals surface area contributed by atoms with Crippen LogP contribution in [0.1, 0.15) is 101 Å². The fourth-order valence-electron chi connectivity index (χ4n) is 12.2. The summed E-state index contributed by atoms with van der Waals surface area (Å²) in [4.78, 5) is 7.50. The maximum Gasteiger partial charge on any atom is 0.252 e. The average Bonchev–Trinajstić information content (AvgIpc) is 3.78. The van der Waals surface area contributed by atoms with E-state index in [1.807, 2.05) is 0 Å². The first kappa shape index (κ1) is 46.5. The van der Waals surface area contributed by atoms with Crippen LogP contribution in [0.5, 0.6) is 0 Å². The Morgan fingerprint density at radius 1 is 0.333 bits per heavy atom. The van der Waals surface area contributed by atoms with Crippen LogP contribution < -0.4 is 31.1 Å². The Morgan fingerprint density at radius 3 is 1.39 bits per heavy atom. The smallest absolute Gasteiger partial charge is 0.252 e. The molecule has 4 nitrogen and oxygen atoms in total. The summed E-state index contributed by atoms with van der Waals surface area (Å²) >= 11 is 0. The molecule has 11 aromatic rings. The van der Waals surface area contributed by atoms with Crippen molar-refractivity contribution in [3.05, 3.63) is 235 Å². The van der Waals surface area contributed by atoms with Gasteiger partial charge >= 0.3 is 0 Å². The van der Waals surface area contributed by atoms with Crippen molar-refractivity contribution in [3.8, 4) is 5.69 Å². The molecule has 10 aromatic carbocycles. The molecule has 0 bridgehead atoms. The van der Waals surface area contributed by atoms with Crippen molar-refractivity contribution in [1.29, 1.82) is 0 Å². The van der Waals surface area contributed by atoms with Crippen LogP contribution in [-0.4, -0.2) is 11.3 Å². The molecule has 0 amide bonds. The van der Waals surface area contributed by atoms with E-state index in [2.05, 4.69) is 287 Å². The molecule has 366 valence electrons. The summed E-state index contributed by atoms with van der Waals surface area (Å²) < 4.78 is 2.51. The van der Waals surface area contributed by atoms with E-state index in [9.17, 15) is 0 Å². The molecule has 0 saturated carbocycles. The van der Waals surface area contributed by atoms with Gasteiger partial charge in [-0.3, -0.25) is 0 Å². The van der Waals surface area contributed by atoms with Gasteiger partial charge in [0, 0.05) is 67.6 Å². The van der Waals surface area contributed by atoms with Crippen LogP contribution >= 0.6 is 0 Å². The van der Waals surface area contributed by atoms with Gasteiger partial charge in [-0.25, -0.2) is 0 Å². The lowest BCUT2D eigenvalue weighted by Gasteiger charge is -2.44. The van der Waals surface area contributed by atoms with Gasteiger partial charge in [-0.05, 0) is 182 Å². The zero-order valence-corrected chi connectivity index (χ0v) is 44.4. The number of anilines is 9. The lowest BCUT2D eigenvalue weighted by atomic mass is 9.33. The van der Waals surface area contributed by atoms with Crippen LogP contribution in [0.2, 0.25) is 0 Å². The lowest BCUT2D eigenvalue weighted by Crippen LogP contribution is -2.61. The number of hydrogen-bond acceptors (Lipinski definition) is 3. The zero-order valence-electron chi connectivity index (χ0n) is 44.4. The number of nitrogens with zero attached hydrogens (tertiary/aromatic N) is 4. The maximum absolute atomic E-state index is 2.55. The van der Waals surface area contributed by atoms with E-state index in [4.69, 9.17) is 0 Å². The van der Waals surface area contributed by atoms with Crippen LogP contribution in [-0.2, 0) is 0 Å². The molecule has 3 heterocycles. The average molecular weight is 971 g/mol. The van der Waals surface area contributed by atoms with Crippen LogP contribution in [0.15, 0.2) is 212 Å². The highest BCUT2D eigenvalue weighted by atomic mass is 15.2. The highest BCUT2D eigenvalue weighted by Crippen LogP contribution is 2.47. The Labute approximate surface area is 443 Å². The van der Waals surface area contributed by atoms with E-state index in [1.54, 1.807) is 0 Å². The molecule has 0 spiro atoms. The van der Waals surface area contributed by atoms with Crippen molar-refractivity contribution >= 4 is 107 Å². The summed E-state index contributed by atoms with van der Waals surface area (Å²) in [5.41, 5.74) is 23.2. The van der Waals surface area contributed by atoms with Gasteiger partial charge in [0.05, 0.1) is 11.0 Å². The highest BCUT2D eigenvalue weighted by Gasteiger charge is 2.43. The Bertz CT molecular complexity index is 3860. The monoisotopic (exact) mass is 971 g/mol. The van der Waals surface area contributed by atoms with Crippen molar-refractivity contribution in [2.75, 3.05) is 14.7 Å². The predicted octanol–water partition coefficient (Wildman–Crippen LogP) is 18.0. The third-order valence-corrected chi connectivity index (χ3v) is 16.3. The molecule has 5 heteroatoms. The summed E-state index contributed by atoms with van der Waals surface area (Å²) in [7, 11) is 0. The zero-order chi connectivity index (χ0) is 51.2. The molecule has 0 aliphatic carbocycles. The van der Waals surface area contributed by atoms with Gasteiger partial charge in [0.15, 0.2) is 0 Å². The molecule has 0 N–H and O–H groups in total. The predicted molar refractivity (Wildman–Crippen MR) is 323 cm³/mol. The first-order chi connectivity index (χ1) is 36.5. The van der Waals surface area contributed by atoms with Crippen LogP contribution in [0.4, 0.5) is 51.2 Å². The van der Waals surface area contributed by atoms with Gasteiger partial charge in [-0.2, -0.15) is 0 Å². The molecule has 75 heavy (non-hydrogen) atoms. The summed E-state index contributed by atoms with van der Waals surface area (Å²) in [6.07, 6.45) is 0. The minimum Gasteiger partial charge on any atom is -0.311 e. The lowest BCUT2D eigenvalue weighted by molar-refractivity contribution is 0.866. The van der Waals surface area contributed by atoms with Crippen molar-refractivity contribution in [2.45, 2.75) is 79.1 Å². The molecule has 1 aromatic heterocycles. The van der Waals surface area contributed by atoms with E-state index in [0.29, 0.717) is 23.7 Å². The topological polar surface area (TPSA) is 14.7 Å². The Morgan fingerprint density at radius 2 is 0.813 bits per heavy atom. The van der Waals surface area contributed by atoms with E-state index >= 15 is 0 Å². The first-order valence-corrected chi connectivity index (χ1v) is 27.1. The first-order valence-electron chi connectivity index (χ1n) is 27.1. The van der Waals surface area contributed by atoms with E-state index in [0.717, 1.165) is 34.1 Å². The van der Waals surface area contributed by atoms with Gasteiger partial charge in [0.2, 0.25) is 0 Å². The fraction of sp³-hybridized carbons (Fsp3) is 0.171. The highest BCUT2D eigenvalue weighted by molar-refractivity contribution is 7.00. The second-order valence-corrected chi connectivity index (χ2v) is 22.2. The van der Waals surface area contributed by atoms with Gasteiger partial charge in [-0.15, -0.1) is 0 Å². The molecule has 0 atom stereocenters. The number of para-hydroxylation sites is 1. The summed E-state index contributed by atoms with van der Waals surface area (Å²) in [6.45, 7) is 18.2. The normalized spacial score (nSPS) is 12.9. The third kappa shape index (κ3) is 7.74. The van der Waals surface area contributed by atoms with Crippen LogP contribution in [0.25, 0.3) is 38.3 Å². The second kappa shape index (κ2) is 18.3. The molecular weight excluding hydrogens is 908 g/mol. The third-order valence-electron chi connectivity index (χ3n) is 16.3. The van der Waals surface area contributed by atoms with Gasteiger partial charge in [0.1, 0.15) is 0 Å². The number of fused-ring (bicyclic) bond motifs is 8. The molecule has 0 fully saturated rings. The van der Waals surface area contributed by atoms with Gasteiger partial charge in [-0.1, -0.05) is 159 Å². The van der Waals surface area contributed by atoms with E-state index in [1.165, 1.54) is 94.0 Å². The molecule has 0 unspecified atom stereocenters.